The van der Waals surface area contributed by atoms with E-state index in [2.05, 4.69) is 25.4 Å². The maximum absolute atomic E-state index is 12.1. The highest BCUT2D eigenvalue weighted by molar-refractivity contribution is 5.89. The number of nitrogens with zero attached hydrogens (tertiary/aromatic N) is 6. The summed E-state index contributed by atoms with van der Waals surface area (Å²) in [5, 5.41) is 38.0. The smallest absolute Gasteiger partial charge is 0.341 e. The Morgan fingerprint density at radius 2 is 2.03 bits per heavy atom. The van der Waals surface area contributed by atoms with Gasteiger partial charge in [0.05, 0.1) is 31.3 Å². The van der Waals surface area contributed by atoms with Crippen LogP contribution in [-0.2, 0) is 9.47 Å². The molecular formula is C22H29N7O6. The molecule has 0 aromatic carbocycles. The number of esters is 1. The van der Waals surface area contributed by atoms with E-state index in [1.54, 1.807) is 6.92 Å². The molecule has 1 unspecified atom stereocenters. The zero-order valence-electron chi connectivity index (χ0n) is 19.3. The molecule has 4 N–H and O–H groups in total. The first kappa shape index (κ1) is 23.6. The van der Waals surface area contributed by atoms with Crippen LogP contribution in [0.2, 0.25) is 0 Å². The zero-order valence-corrected chi connectivity index (χ0v) is 19.3. The molecule has 2 aliphatic rings. The van der Waals surface area contributed by atoms with E-state index in [0.717, 1.165) is 25.7 Å². The Bertz CT molecular complexity index is 1190. The topological polar surface area (TPSA) is 170 Å². The first-order valence-electron chi connectivity index (χ1n) is 11.9. The fourth-order valence-electron chi connectivity index (χ4n) is 4.60. The summed E-state index contributed by atoms with van der Waals surface area (Å²) in [6.07, 6.45) is 5.28. The average molecular weight is 488 g/mol. The van der Waals surface area contributed by atoms with Gasteiger partial charge in [0, 0.05) is 12.2 Å². The largest absolute Gasteiger partial charge is 0.462 e. The van der Waals surface area contributed by atoms with Gasteiger partial charge >= 0.3 is 5.97 Å². The molecule has 35 heavy (non-hydrogen) atoms. The van der Waals surface area contributed by atoms with Crippen LogP contribution in [-0.4, -0.2) is 88.2 Å². The number of fused-ring (bicyclic) bond motifs is 1. The molecule has 13 nitrogen and oxygen atoms in total. The summed E-state index contributed by atoms with van der Waals surface area (Å²) in [5.74, 6) is 0.173. The summed E-state index contributed by atoms with van der Waals surface area (Å²) < 4.78 is 13.6. The van der Waals surface area contributed by atoms with Crippen molar-refractivity contribution in [3.05, 3.63) is 24.3 Å². The Labute approximate surface area is 200 Å². The lowest BCUT2D eigenvalue weighted by Gasteiger charge is -2.23. The zero-order chi connectivity index (χ0) is 24.5. The molecule has 1 saturated heterocycles. The van der Waals surface area contributed by atoms with Crippen LogP contribution in [0, 0.1) is 0 Å². The number of aromatic nitrogens is 6. The van der Waals surface area contributed by atoms with Gasteiger partial charge in [-0.25, -0.2) is 14.5 Å². The average Bonchev–Trinajstić information content (AvgIpc) is 3.58. The van der Waals surface area contributed by atoms with Gasteiger partial charge in [0.25, 0.3) is 5.95 Å². The van der Waals surface area contributed by atoms with E-state index < -0.39 is 37.1 Å². The van der Waals surface area contributed by atoms with E-state index in [1.807, 2.05) is 0 Å². The van der Waals surface area contributed by atoms with E-state index >= 15 is 0 Å². The first-order chi connectivity index (χ1) is 17.0. The monoisotopic (exact) mass is 487 g/mol. The van der Waals surface area contributed by atoms with Gasteiger partial charge in [0.1, 0.15) is 18.3 Å². The third kappa shape index (κ3) is 4.47. The third-order valence-corrected chi connectivity index (χ3v) is 6.45. The van der Waals surface area contributed by atoms with Crippen molar-refractivity contribution < 1.29 is 29.6 Å². The van der Waals surface area contributed by atoms with Gasteiger partial charge in [0.15, 0.2) is 23.2 Å². The molecule has 0 spiro atoms. The van der Waals surface area contributed by atoms with Gasteiger partial charge in [-0.3, -0.25) is 4.57 Å². The van der Waals surface area contributed by atoms with E-state index in [0.29, 0.717) is 17.0 Å². The quantitative estimate of drug-likeness (QED) is 0.343. The van der Waals surface area contributed by atoms with Crippen LogP contribution in [0.4, 0.5) is 5.82 Å². The van der Waals surface area contributed by atoms with E-state index in [4.69, 9.17) is 9.47 Å². The van der Waals surface area contributed by atoms with Gasteiger partial charge in [-0.15, -0.1) is 0 Å². The second-order valence-electron chi connectivity index (χ2n) is 8.80. The predicted octanol–water partition coefficient (Wildman–Crippen LogP) is 0.545. The molecule has 4 heterocycles. The Morgan fingerprint density at radius 1 is 1.23 bits per heavy atom. The molecule has 0 bridgehead atoms. The minimum absolute atomic E-state index is 0.180. The lowest BCUT2D eigenvalue weighted by Crippen LogP contribution is -2.33. The first-order valence-corrected chi connectivity index (χ1v) is 11.9. The third-order valence-electron chi connectivity index (χ3n) is 6.45. The van der Waals surface area contributed by atoms with Crippen LogP contribution in [0.1, 0.15) is 55.6 Å². The SMILES string of the molecule is CCOC(=O)c1cnn(-c2nc(NC3CCCCC3)c3ncn(C4O[C@H](CO)[C@@H](O)[C@@H]4O)c3n2)c1. The number of imidazole rings is 1. The predicted molar refractivity (Wildman–Crippen MR) is 122 cm³/mol. The van der Waals surface area contributed by atoms with Crippen LogP contribution in [0.25, 0.3) is 17.1 Å². The van der Waals surface area contributed by atoms with Crippen LogP contribution >= 0.6 is 0 Å². The Morgan fingerprint density at radius 3 is 2.74 bits per heavy atom. The molecule has 0 amide bonds. The molecule has 188 valence electrons. The van der Waals surface area contributed by atoms with Crippen molar-refractivity contribution >= 4 is 23.0 Å². The molecule has 13 heteroatoms. The Kier molecular flexibility index (Phi) is 6.65. The summed E-state index contributed by atoms with van der Waals surface area (Å²) in [7, 11) is 0. The van der Waals surface area contributed by atoms with E-state index in [9.17, 15) is 20.1 Å². The van der Waals surface area contributed by atoms with Crippen molar-refractivity contribution in [3.63, 3.8) is 0 Å². The van der Waals surface area contributed by atoms with Crippen molar-refractivity contribution in [2.75, 3.05) is 18.5 Å². The molecule has 3 aromatic rings. The molecule has 5 rings (SSSR count). The van der Waals surface area contributed by atoms with Crippen LogP contribution < -0.4 is 5.32 Å². The van der Waals surface area contributed by atoms with Crippen LogP contribution in [0.3, 0.4) is 0 Å². The number of aliphatic hydroxyl groups excluding tert-OH is 3. The second kappa shape index (κ2) is 9.85. The van der Waals surface area contributed by atoms with E-state index in [-0.39, 0.29) is 24.2 Å². The van der Waals surface area contributed by atoms with Gasteiger partial charge in [0.2, 0.25) is 0 Å². The van der Waals surface area contributed by atoms with Gasteiger partial charge in [-0.05, 0) is 19.8 Å². The number of carbonyl (C=O) groups excluding carboxylic acids is 1. The number of aliphatic hydroxyl groups is 3. The Balaban J connectivity index is 1.57. The number of rotatable bonds is 7. The number of ether oxygens (including phenoxy) is 2. The highest BCUT2D eigenvalue weighted by atomic mass is 16.6. The fourth-order valence-corrected chi connectivity index (χ4v) is 4.60. The second-order valence-corrected chi connectivity index (χ2v) is 8.80. The summed E-state index contributed by atoms with van der Waals surface area (Å²) in [4.78, 5) is 25.8. The summed E-state index contributed by atoms with van der Waals surface area (Å²) in [6.45, 7) is 1.52. The number of anilines is 1. The van der Waals surface area contributed by atoms with Crippen molar-refractivity contribution in [2.45, 2.75) is 69.6 Å². The molecule has 2 fully saturated rings. The maximum atomic E-state index is 12.1. The standard InChI is InChI=1S/C22H29N7O6/c1-2-34-21(33)12-8-24-29(9-12)22-26-18(25-13-6-4-3-5-7-13)15-19(27-22)28(11-23-15)20-17(32)16(31)14(10-30)35-20/h8-9,11,13-14,16-17,20,30-32H,2-7,10H2,1H3,(H,25,26,27)/t14-,16-,17+,20?/m1/s1. The molecule has 4 atom stereocenters. The molecule has 3 aromatic heterocycles. The fraction of sp³-hybridized carbons (Fsp3) is 0.591. The van der Waals surface area contributed by atoms with Crippen molar-refractivity contribution in [1.29, 1.82) is 0 Å². The summed E-state index contributed by atoms with van der Waals surface area (Å²) >= 11 is 0. The number of hydrogen-bond donors (Lipinski definition) is 4. The summed E-state index contributed by atoms with van der Waals surface area (Å²) in [6, 6.07) is 0.224. The molecule has 0 radical (unpaired) electrons. The number of carbonyl (C=O) groups is 1. The Hall–Kier alpha value is -3.13. The highest BCUT2D eigenvalue weighted by Crippen LogP contribution is 2.33. The summed E-state index contributed by atoms with van der Waals surface area (Å²) in [5.41, 5.74) is 1.07. The minimum Gasteiger partial charge on any atom is -0.462 e. The lowest BCUT2D eigenvalue weighted by molar-refractivity contribution is -0.0511. The minimum atomic E-state index is -1.29. The number of hydrogen-bond acceptors (Lipinski definition) is 11. The van der Waals surface area contributed by atoms with Gasteiger partial charge in [-0.2, -0.15) is 15.1 Å². The molecule has 1 aliphatic carbocycles. The normalized spacial score (nSPS) is 25.3. The number of nitrogens with one attached hydrogen (secondary N) is 1. The maximum Gasteiger partial charge on any atom is 0.341 e. The van der Waals surface area contributed by atoms with Crippen molar-refractivity contribution in [3.8, 4) is 5.95 Å². The lowest BCUT2D eigenvalue weighted by atomic mass is 9.95. The highest BCUT2D eigenvalue weighted by Gasteiger charge is 2.44. The van der Waals surface area contributed by atoms with E-state index in [1.165, 1.54) is 34.4 Å². The van der Waals surface area contributed by atoms with Crippen LogP contribution in [0.15, 0.2) is 18.7 Å². The van der Waals surface area contributed by atoms with Crippen LogP contribution in [0.5, 0.6) is 0 Å². The molecular weight excluding hydrogens is 458 g/mol. The molecule has 1 saturated carbocycles. The molecule has 1 aliphatic heterocycles. The van der Waals surface area contributed by atoms with Crippen molar-refractivity contribution in [1.82, 2.24) is 29.3 Å². The van der Waals surface area contributed by atoms with Gasteiger partial charge in [-0.1, -0.05) is 19.3 Å². The van der Waals surface area contributed by atoms with Crippen molar-refractivity contribution in [2.24, 2.45) is 0 Å². The van der Waals surface area contributed by atoms with Gasteiger partial charge < -0.3 is 30.1 Å².